The topological polar surface area (TPSA) is 93.1 Å². The number of carboxylic acids is 1. The third-order valence-corrected chi connectivity index (χ3v) is 5.12. The van der Waals surface area contributed by atoms with Crippen LogP contribution in [0.1, 0.15) is 23.6 Å². The lowest BCUT2D eigenvalue weighted by molar-refractivity contribution is -0.139. The molecule has 0 unspecified atom stereocenters. The highest BCUT2D eigenvalue weighted by atomic mass is 32.2. The number of carbonyl (C=O) groups is 3. The van der Waals surface area contributed by atoms with Gasteiger partial charge in [0.1, 0.15) is 0 Å². The van der Waals surface area contributed by atoms with Crippen LogP contribution in [-0.4, -0.2) is 40.3 Å². The maximum Gasteiger partial charge on any atom is 0.341 e. The van der Waals surface area contributed by atoms with Crippen molar-refractivity contribution in [3.8, 4) is 11.5 Å². The van der Waals surface area contributed by atoms with Gasteiger partial charge >= 0.3 is 5.97 Å². The molecule has 0 saturated carbocycles. The molecule has 1 N–H and O–H groups in total. The number of imide groups is 1. The zero-order valence-corrected chi connectivity index (χ0v) is 17.4. The third-order valence-electron chi connectivity index (χ3n) is 4.21. The first kappa shape index (κ1) is 21.4. The van der Waals surface area contributed by atoms with Gasteiger partial charge in [0.05, 0.1) is 18.1 Å². The number of amides is 2. The average molecular weight is 427 g/mol. The summed E-state index contributed by atoms with van der Waals surface area (Å²) in [5.41, 5.74) is 2.59. The number of rotatable bonds is 8. The average Bonchev–Trinajstić information content (AvgIpc) is 2.95. The van der Waals surface area contributed by atoms with Crippen LogP contribution in [0.4, 0.5) is 4.79 Å². The van der Waals surface area contributed by atoms with E-state index in [0.29, 0.717) is 28.6 Å². The van der Waals surface area contributed by atoms with Gasteiger partial charge < -0.3 is 14.6 Å². The Labute approximate surface area is 178 Å². The number of carbonyl (C=O) groups excluding carboxylic acids is 2. The predicted molar refractivity (Wildman–Crippen MR) is 113 cm³/mol. The molecule has 0 aliphatic carbocycles. The maximum atomic E-state index is 12.8. The maximum absolute atomic E-state index is 12.8. The molecule has 156 valence electrons. The van der Waals surface area contributed by atoms with Crippen LogP contribution in [-0.2, 0) is 16.1 Å². The molecule has 1 aliphatic rings. The fourth-order valence-corrected chi connectivity index (χ4v) is 3.76. The van der Waals surface area contributed by atoms with Crippen LogP contribution in [0, 0.1) is 6.92 Å². The van der Waals surface area contributed by atoms with E-state index in [9.17, 15) is 14.4 Å². The van der Waals surface area contributed by atoms with E-state index >= 15 is 0 Å². The van der Waals surface area contributed by atoms with Gasteiger partial charge in [0, 0.05) is 0 Å². The van der Waals surface area contributed by atoms with E-state index in [1.165, 1.54) is 4.90 Å². The van der Waals surface area contributed by atoms with Gasteiger partial charge in [0.2, 0.25) is 0 Å². The van der Waals surface area contributed by atoms with Crippen molar-refractivity contribution in [2.75, 3.05) is 13.2 Å². The molecule has 2 aromatic rings. The van der Waals surface area contributed by atoms with Crippen LogP contribution in [0.25, 0.3) is 6.08 Å². The van der Waals surface area contributed by atoms with Gasteiger partial charge in [-0.05, 0) is 54.9 Å². The third kappa shape index (κ3) is 5.21. The molecule has 1 fully saturated rings. The molecule has 0 bridgehead atoms. The molecule has 2 amide bonds. The first-order chi connectivity index (χ1) is 14.4. The molecule has 1 heterocycles. The second kappa shape index (κ2) is 9.49. The summed E-state index contributed by atoms with van der Waals surface area (Å²) in [6.07, 6.45) is 1.62. The fourth-order valence-electron chi connectivity index (χ4n) is 2.92. The lowest BCUT2D eigenvalue weighted by Gasteiger charge is -2.13. The van der Waals surface area contributed by atoms with Gasteiger partial charge in [0.15, 0.2) is 18.1 Å². The Kier molecular flexibility index (Phi) is 6.79. The summed E-state index contributed by atoms with van der Waals surface area (Å²) in [6.45, 7) is 3.84. The van der Waals surface area contributed by atoms with Crippen molar-refractivity contribution >= 4 is 35.0 Å². The lowest BCUT2D eigenvalue weighted by atomic mass is 10.1. The number of ether oxygens (including phenoxy) is 2. The largest absolute Gasteiger partial charge is 0.490 e. The van der Waals surface area contributed by atoms with Crippen molar-refractivity contribution in [3.63, 3.8) is 0 Å². The van der Waals surface area contributed by atoms with Gasteiger partial charge in [-0.1, -0.05) is 35.9 Å². The number of aliphatic carboxylic acids is 1. The van der Waals surface area contributed by atoms with Gasteiger partial charge in [-0.3, -0.25) is 14.5 Å². The summed E-state index contributed by atoms with van der Waals surface area (Å²) in [7, 11) is 0. The molecule has 1 aliphatic heterocycles. The van der Waals surface area contributed by atoms with Crippen molar-refractivity contribution in [3.05, 3.63) is 64.1 Å². The van der Waals surface area contributed by atoms with Crippen LogP contribution in [0.15, 0.2) is 47.4 Å². The normalized spacial score (nSPS) is 15.0. The molecule has 30 heavy (non-hydrogen) atoms. The first-order valence-electron chi connectivity index (χ1n) is 9.29. The van der Waals surface area contributed by atoms with Crippen molar-refractivity contribution in [2.24, 2.45) is 0 Å². The minimum atomic E-state index is -1.09. The van der Waals surface area contributed by atoms with Crippen LogP contribution >= 0.6 is 11.8 Å². The molecule has 0 spiro atoms. The molecular weight excluding hydrogens is 406 g/mol. The van der Waals surface area contributed by atoms with Crippen molar-refractivity contribution in [1.29, 1.82) is 0 Å². The fraction of sp³-hybridized carbons (Fsp3) is 0.227. The van der Waals surface area contributed by atoms with Gasteiger partial charge in [0.25, 0.3) is 11.1 Å². The number of carboxylic acid groups (broad SMARTS) is 1. The minimum absolute atomic E-state index is 0.218. The Morgan fingerprint density at radius 3 is 2.63 bits per heavy atom. The molecular formula is C22H21NO6S. The number of aryl methyl sites for hydroxylation is 1. The van der Waals surface area contributed by atoms with Crippen LogP contribution in [0.5, 0.6) is 11.5 Å². The quantitative estimate of drug-likeness (QED) is 0.634. The lowest BCUT2D eigenvalue weighted by Crippen LogP contribution is -2.27. The van der Waals surface area contributed by atoms with Crippen LogP contribution < -0.4 is 9.47 Å². The van der Waals surface area contributed by atoms with Crippen LogP contribution in [0.2, 0.25) is 0 Å². The Hall–Kier alpha value is -3.26. The zero-order valence-electron chi connectivity index (χ0n) is 16.6. The molecule has 7 nitrogen and oxygen atoms in total. The van der Waals surface area contributed by atoms with E-state index in [1.807, 2.05) is 31.2 Å². The number of hydrogen-bond acceptors (Lipinski definition) is 6. The van der Waals surface area contributed by atoms with Crippen molar-refractivity contribution < 1.29 is 29.0 Å². The van der Waals surface area contributed by atoms with E-state index < -0.39 is 12.6 Å². The van der Waals surface area contributed by atoms with E-state index in [1.54, 1.807) is 31.2 Å². The predicted octanol–water partition coefficient (Wildman–Crippen LogP) is 4.09. The number of hydrogen-bond donors (Lipinski definition) is 1. The van der Waals surface area contributed by atoms with Crippen LogP contribution in [0.3, 0.4) is 0 Å². The minimum Gasteiger partial charge on any atom is -0.490 e. The highest BCUT2D eigenvalue weighted by Crippen LogP contribution is 2.35. The zero-order chi connectivity index (χ0) is 21.7. The Morgan fingerprint density at radius 2 is 1.93 bits per heavy atom. The highest BCUT2D eigenvalue weighted by Gasteiger charge is 2.35. The SMILES string of the molecule is CCOc1cc(/C=C2\SC(=O)N(Cc3cccc(C)c3)C2=O)ccc1OCC(=O)O. The molecule has 3 rings (SSSR count). The Morgan fingerprint density at radius 1 is 1.13 bits per heavy atom. The number of benzene rings is 2. The Bertz CT molecular complexity index is 1020. The highest BCUT2D eigenvalue weighted by molar-refractivity contribution is 8.18. The number of thioether (sulfide) groups is 1. The van der Waals surface area contributed by atoms with E-state index in [2.05, 4.69) is 0 Å². The van der Waals surface area contributed by atoms with Gasteiger partial charge in [-0.15, -0.1) is 0 Å². The standard InChI is InChI=1S/C22H21NO6S/c1-3-28-18-10-15(7-8-17(18)29-13-20(24)25)11-19-21(26)23(22(27)30-19)12-16-6-4-5-14(2)9-16/h4-11H,3,12-13H2,1-2H3,(H,24,25)/b19-11-. The summed E-state index contributed by atoms with van der Waals surface area (Å²) in [5.74, 6) is -0.782. The molecule has 0 atom stereocenters. The Balaban J connectivity index is 1.80. The summed E-state index contributed by atoms with van der Waals surface area (Å²) in [5, 5.41) is 8.47. The number of nitrogens with zero attached hydrogens (tertiary/aromatic N) is 1. The summed E-state index contributed by atoms with van der Waals surface area (Å²) in [6, 6.07) is 12.6. The second-order valence-electron chi connectivity index (χ2n) is 6.58. The second-order valence-corrected chi connectivity index (χ2v) is 7.57. The molecule has 8 heteroatoms. The van der Waals surface area contributed by atoms with Gasteiger partial charge in [-0.25, -0.2) is 4.79 Å². The molecule has 0 aromatic heterocycles. The summed E-state index contributed by atoms with van der Waals surface area (Å²) < 4.78 is 10.7. The molecule has 0 radical (unpaired) electrons. The first-order valence-corrected chi connectivity index (χ1v) is 10.1. The van der Waals surface area contributed by atoms with E-state index in [0.717, 1.165) is 22.9 Å². The van der Waals surface area contributed by atoms with E-state index in [-0.39, 0.29) is 17.7 Å². The summed E-state index contributed by atoms with van der Waals surface area (Å²) in [4.78, 5) is 37.4. The van der Waals surface area contributed by atoms with E-state index in [4.69, 9.17) is 14.6 Å². The summed E-state index contributed by atoms with van der Waals surface area (Å²) >= 11 is 0.886. The van der Waals surface area contributed by atoms with Gasteiger partial charge in [-0.2, -0.15) is 0 Å². The van der Waals surface area contributed by atoms with Crippen molar-refractivity contribution in [1.82, 2.24) is 4.90 Å². The smallest absolute Gasteiger partial charge is 0.341 e. The molecule has 2 aromatic carbocycles. The molecule has 1 saturated heterocycles. The van der Waals surface area contributed by atoms with Crippen molar-refractivity contribution in [2.45, 2.75) is 20.4 Å². The monoisotopic (exact) mass is 427 g/mol.